The van der Waals surface area contributed by atoms with Crippen LogP contribution >= 0.6 is 0 Å². The Morgan fingerprint density at radius 2 is 1.94 bits per heavy atom. The van der Waals surface area contributed by atoms with Crippen molar-refractivity contribution >= 4 is 0 Å². The molecule has 2 unspecified atom stereocenters. The van der Waals surface area contributed by atoms with E-state index in [0.29, 0.717) is 11.8 Å². The zero-order valence-electron chi connectivity index (χ0n) is 11.1. The zero-order valence-corrected chi connectivity index (χ0v) is 11.1. The van der Waals surface area contributed by atoms with Gasteiger partial charge in [-0.25, -0.2) is 0 Å². The van der Waals surface area contributed by atoms with Gasteiger partial charge >= 0.3 is 0 Å². The van der Waals surface area contributed by atoms with Crippen molar-refractivity contribution in [2.24, 2.45) is 11.8 Å². The highest BCUT2D eigenvalue weighted by molar-refractivity contribution is 5.45. The third-order valence-electron chi connectivity index (χ3n) is 4.16. The molecule has 0 aromatic heterocycles. The number of nitrogens with two attached hydrogens (primary N) is 1. The van der Waals surface area contributed by atoms with E-state index in [1.54, 1.807) is 0 Å². The molecule has 2 rings (SSSR count). The first kappa shape index (κ1) is 12.4. The predicted octanol–water partition coefficient (Wildman–Crippen LogP) is 3.97. The molecule has 0 saturated heterocycles. The molecule has 1 aromatic carbocycles. The molecule has 2 N–H and O–H groups in total. The first-order chi connectivity index (χ1) is 8.19. The summed E-state index contributed by atoms with van der Waals surface area (Å²) in [6, 6.07) is 6.44. The number of benzene rings is 1. The molecule has 2 nitrogen and oxygen atoms in total. The Morgan fingerprint density at radius 3 is 2.47 bits per heavy atom. The van der Waals surface area contributed by atoms with Gasteiger partial charge in [-0.1, -0.05) is 39.0 Å². The Bertz CT molecular complexity index is 385. The summed E-state index contributed by atoms with van der Waals surface area (Å²) in [5.41, 5.74) is 2.54. The molecule has 0 heterocycles. The molecule has 0 aliphatic heterocycles. The quantitative estimate of drug-likeness (QED) is 0.781. The Kier molecular flexibility index (Phi) is 3.72. The van der Waals surface area contributed by atoms with Gasteiger partial charge in [0, 0.05) is 5.56 Å². The normalized spacial score (nSPS) is 18.8. The van der Waals surface area contributed by atoms with E-state index in [0.717, 1.165) is 18.1 Å². The Morgan fingerprint density at radius 1 is 1.29 bits per heavy atom. The van der Waals surface area contributed by atoms with E-state index in [-0.39, 0.29) is 0 Å². The van der Waals surface area contributed by atoms with Crippen molar-refractivity contribution in [1.29, 1.82) is 0 Å². The SMILES string of the molecule is CCC(C)c1cccc(C(C)C2CC2)c1ON. The van der Waals surface area contributed by atoms with E-state index in [4.69, 9.17) is 10.7 Å². The number of hydrogen-bond acceptors (Lipinski definition) is 2. The van der Waals surface area contributed by atoms with Crippen LogP contribution in [0, 0.1) is 5.92 Å². The highest BCUT2D eigenvalue weighted by atomic mass is 16.6. The summed E-state index contributed by atoms with van der Waals surface area (Å²) in [7, 11) is 0. The van der Waals surface area contributed by atoms with Crippen molar-refractivity contribution < 1.29 is 4.84 Å². The van der Waals surface area contributed by atoms with Gasteiger partial charge in [-0.2, -0.15) is 5.90 Å². The summed E-state index contributed by atoms with van der Waals surface area (Å²) in [6.07, 6.45) is 3.80. The van der Waals surface area contributed by atoms with E-state index in [2.05, 4.69) is 39.0 Å². The fourth-order valence-electron chi connectivity index (χ4n) is 2.53. The predicted molar refractivity (Wildman–Crippen MR) is 71.1 cm³/mol. The van der Waals surface area contributed by atoms with Crippen LogP contribution in [0.15, 0.2) is 18.2 Å². The lowest BCUT2D eigenvalue weighted by molar-refractivity contribution is 0.321. The Labute approximate surface area is 104 Å². The van der Waals surface area contributed by atoms with Crippen LogP contribution in [0.1, 0.15) is 63.0 Å². The van der Waals surface area contributed by atoms with Gasteiger partial charge in [0.15, 0.2) is 5.75 Å². The molecule has 0 spiro atoms. The van der Waals surface area contributed by atoms with Crippen molar-refractivity contribution in [3.8, 4) is 5.75 Å². The molecule has 1 aliphatic rings. The molecule has 1 saturated carbocycles. The largest absolute Gasteiger partial charge is 0.411 e. The van der Waals surface area contributed by atoms with E-state index >= 15 is 0 Å². The van der Waals surface area contributed by atoms with E-state index < -0.39 is 0 Å². The monoisotopic (exact) mass is 233 g/mol. The van der Waals surface area contributed by atoms with Gasteiger partial charge in [-0.15, -0.1) is 0 Å². The van der Waals surface area contributed by atoms with Crippen LogP contribution < -0.4 is 10.7 Å². The van der Waals surface area contributed by atoms with Crippen LogP contribution in [-0.2, 0) is 0 Å². The summed E-state index contributed by atoms with van der Waals surface area (Å²) in [6.45, 7) is 6.71. The fraction of sp³-hybridized carbons (Fsp3) is 0.600. The maximum Gasteiger partial charge on any atom is 0.153 e. The smallest absolute Gasteiger partial charge is 0.153 e. The minimum absolute atomic E-state index is 0.500. The Hall–Kier alpha value is -1.02. The van der Waals surface area contributed by atoms with Crippen molar-refractivity contribution in [3.05, 3.63) is 29.3 Å². The molecular formula is C15H23NO. The second-order valence-electron chi connectivity index (χ2n) is 5.32. The minimum Gasteiger partial charge on any atom is -0.411 e. The highest BCUT2D eigenvalue weighted by Gasteiger charge is 2.31. The second kappa shape index (κ2) is 5.09. The van der Waals surface area contributed by atoms with Crippen molar-refractivity contribution in [2.45, 2.75) is 51.9 Å². The van der Waals surface area contributed by atoms with Gasteiger partial charge in [0.25, 0.3) is 0 Å². The minimum atomic E-state index is 0.500. The lowest BCUT2D eigenvalue weighted by Gasteiger charge is -2.20. The summed E-state index contributed by atoms with van der Waals surface area (Å²) in [4.78, 5) is 5.20. The van der Waals surface area contributed by atoms with Crippen LogP contribution in [0.5, 0.6) is 5.75 Å². The zero-order chi connectivity index (χ0) is 12.4. The topological polar surface area (TPSA) is 35.2 Å². The number of para-hydroxylation sites is 1. The van der Waals surface area contributed by atoms with Gasteiger partial charge in [-0.3, -0.25) is 0 Å². The molecule has 17 heavy (non-hydrogen) atoms. The van der Waals surface area contributed by atoms with Gasteiger partial charge in [0.2, 0.25) is 0 Å². The van der Waals surface area contributed by atoms with Gasteiger partial charge in [0.05, 0.1) is 0 Å². The van der Waals surface area contributed by atoms with Crippen molar-refractivity contribution in [3.63, 3.8) is 0 Å². The average Bonchev–Trinajstić information content (AvgIpc) is 3.20. The molecule has 0 radical (unpaired) electrons. The molecule has 1 aliphatic carbocycles. The molecule has 1 aromatic rings. The van der Waals surface area contributed by atoms with Gasteiger partial charge < -0.3 is 4.84 Å². The highest BCUT2D eigenvalue weighted by Crippen LogP contribution is 2.46. The first-order valence-electron chi connectivity index (χ1n) is 6.68. The van der Waals surface area contributed by atoms with Crippen LogP contribution in [-0.4, -0.2) is 0 Å². The molecular weight excluding hydrogens is 210 g/mol. The number of rotatable bonds is 5. The molecule has 0 amide bonds. The maximum absolute atomic E-state index is 5.50. The van der Waals surface area contributed by atoms with E-state index in [1.165, 1.54) is 24.0 Å². The lowest BCUT2D eigenvalue weighted by Crippen LogP contribution is -2.11. The van der Waals surface area contributed by atoms with Gasteiger partial charge in [0.1, 0.15) is 0 Å². The van der Waals surface area contributed by atoms with E-state index in [1.807, 2.05) is 0 Å². The maximum atomic E-state index is 5.50. The van der Waals surface area contributed by atoms with E-state index in [9.17, 15) is 0 Å². The van der Waals surface area contributed by atoms with Crippen LogP contribution in [0.4, 0.5) is 0 Å². The molecule has 0 bridgehead atoms. The van der Waals surface area contributed by atoms with Gasteiger partial charge in [-0.05, 0) is 42.6 Å². The molecule has 2 atom stereocenters. The van der Waals surface area contributed by atoms with Crippen LogP contribution in [0.25, 0.3) is 0 Å². The summed E-state index contributed by atoms with van der Waals surface area (Å²) in [5.74, 6) is 8.32. The average molecular weight is 233 g/mol. The number of hydrogen-bond donors (Lipinski definition) is 1. The summed E-state index contributed by atoms with van der Waals surface area (Å²) in [5, 5.41) is 0. The van der Waals surface area contributed by atoms with Crippen LogP contribution in [0.3, 0.4) is 0 Å². The molecule has 1 fully saturated rings. The third kappa shape index (κ3) is 2.47. The van der Waals surface area contributed by atoms with Crippen LogP contribution in [0.2, 0.25) is 0 Å². The molecule has 94 valence electrons. The fourth-order valence-corrected chi connectivity index (χ4v) is 2.53. The summed E-state index contributed by atoms with van der Waals surface area (Å²) >= 11 is 0. The van der Waals surface area contributed by atoms with Crippen molar-refractivity contribution in [1.82, 2.24) is 0 Å². The first-order valence-corrected chi connectivity index (χ1v) is 6.68. The lowest BCUT2D eigenvalue weighted by atomic mass is 9.89. The Balaban J connectivity index is 2.37. The standard InChI is InChI=1S/C15H23NO/c1-4-10(2)13-6-5-7-14(15(13)17-16)11(3)12-8-9-12/h5-7,10-12H,4,8-9,16H2,1-3H3. The summed E-state index contributed by atoms with van der Waals surface area (Å²) < 4.78 is 0. The third-order valence-corrected chi connectivity index (χ3v) is 4.16. The molecule has 2 heteroatoms. The second-order valence-corrected chi connectivity index (χ2v) is 5.32. The van der Waals surface area contributed by atoms with Crippen molar-refractivity contribution in [2.75, 3.05) is 0 Å².